The molecule has 0 aliphatic rings. The maximum Gasteiger partial charge on any atom is -0.0348 e. The highest BCUT2D eigenvalue weighted by atomic mass is 13.9. The molecule has 11 heavy (non-hydrogen) atoms. The summed E-state index contributed by atoms with van der Waals surface area (Å²) in [7, 11) is 0. The van der Waals surface area contributed by atoms with Gasteiger partial charge in [0.2, 0.25) is 0 Å². The van der Waals surface area contributed by atoms with Gasteiger partial charge in [0.15, 0.2) is 0 Å². The van der Waals surface area contributed by atoms with E-state index in [4.69, 9.17) is 0 Å². The Balaban J connectivity index is 2.90. The fourth-order valence-corrected chi connectivity index (χ4v) is 0.985. The van der Waals surface area contributed by atoms with Gasteiger partial charge < -0.3 is 0 Å². The Bertz CT molecular complexity index is 101. The zero-order valence-electron chi connectivity index (χ0n) is 7.39. The van der Waals surface area contributed by atoms with Crippen molar-refractivity contribution in [2.75, 3.05) is 0 Å². The van der Waals surface area contributed by atoms with Crippen LogP contribution in [0.1, 0.15) is 38.5 Å². The molecule has 1 radical (unpaired) electrons. The second kappa shape index (κ2) is 9.48. The van der Waals surface area contributed by atoms with Crippen molar-refractivity contribution in [1.82, 2.24) is 0 Å². The van der Waals surface area contributed by atoms with E-state index in [0.29, 0.717) is 0 Å². The summed E-state index contributed by atoms with van der Waals surface area (Å²) in [6.45, 7) is 7.42. The molecule has 0 aliphatic carbocycles. The van der Waals surface area contributed by atoms with Gasteiger partial charge in [-0.1, -0.05) is 57.4 Å². The summed E-state index contributed by atoms with van der Waals surface area (Å²) in [5.74, 6) is 0. The molecule has 0 fully saturated rings. The molecular formula is C11H19. The van der Waals surface area contributed by atoms with Crippen LogP contribution in [0, 0.1) is 6.92 Å². The van der Waals surface area contributed by atoms with Gasteiger partial charge in [-0.2, -0.15) is 0 Å². The highest BCUT2D eigenvalue weighted by Crippen LogP contribution is 2.04. The van der Waals surface area contributed by atoms with Crippen molar-refractivity contribution in [3.05, 3.63) is 31.7 Å². The van der Waals surface area contributed by atoms with E-state index in [1.165, 1.54) is 32.1 Å². The van der Waals surface area contributed by atoms with Crippen molar-refractivity contribution >= 4 is 0 Å². The van der Waals surface area contributed by atoms with Crippen LogP contribution in [-0.2, 0) is 0 Å². The molecule has 0 saturated heterocycles. The van der Waals surface area contributed by atoms with Gasteiger partial charge >= 0.3 is 0 Å². The van der Waals surface area contributed by atoms with Crippen LogP contribution in [0.4, 0.5) is 0 Å². The van der Waals surface area contributed by atoms with E-state index in [-0.39, 0.29) is 0 Å². The van der Waals surface area contributed by atoms with E-state index in [0.717, 1.165) is 6.42 Å². The van der Waals surface area contributed by atoms with Crippen LogP contribution < -0.4 is 0 Å². The Labute approximate surface area is 71.0 Å². The highest BCUT2D eigenvalue weighted by molar-refractivity contribution is 4.96. The van der Waals surface area contributed by atoms with Crippen molar-refractivity contribution in [1.29, 1.82) is 0 Å². The SMILES string of the molecule is [CH2]CCCCCC/C=C/C=C. The van der Waals surface area contributed by atoms with Crippen LogP contribution in [0.2, 0.25) is 0 Å². The number of hydrogen-bond acceptors (Lipinski definition) is 0. The van der Waals surface area contributed by atoms with Gasteiger partial charge in [-0.05, 0) is 12.8 Å². The van der Waals surface area contributed by atoms with Crippen LogP contribution in [0.5, 0.6) is 0 Å². The topological polar surface area (TPSA) is 0 Å². The zero-order valence-corrected chi connectivity index (χ0v) is 7.39. The van der Waals surface area contributed by atoms with Crippen LogP contribution in [-0.4, -0.2) is 0 Å². The molecule has 63 valence electrons. The van der Waals surface area contributed by atoms with E-state index in [9.17, 15) is 0 Å². The van der Waals surface area contributed by atoms with E-state index in [1.54, 1.807) is 0 Å². The normalized spacial score (nSPS) is 10.6. The van der Waals surface area contributed by atoms with Crippen molar-refractivity contribution in [3.63, 3.8) is 0 Å². The standard InChI is InChI=1S/C11H19/c1-3-5-7-9-11-10-8-6-4-2/h3,5,7H,1-2,4,6,8-11H2/b7-5+. The Morgan fingerprint density at radius 3 is 2.36 bits per heavy atom. The first kappa shape index (κ1) is 10.5. The van der Waals surface area contributed by atoms with Crippen LogP contribution in [0.25, 0.3) is 0 Å². The summed E-state index contributed by atoms with van der Waals surface area (Å²) < 4.78 is 0. The quantitative estimate of drug-likeness (QED) is 0.382. The van der Waals surface area contributed by atoms with E-state index < -0.39 is 0 Å². The van der Waals surface area contributed by atoms with Gasteiger partial charge in [-0.3, -0.25) is 0 Å². The van der Waals surface area contributed by atoms with Gasteiger partial charge in [-0.15, -0.1) is 0 Å². The number of unbranched alkanes of at least 4 members (excludes halogenated alkanes) is 5. The minimum absolute atomic E-state index is 1.09. The average Bonchev–Trinajstić information content (AvgIpc) is 2.03. The molecule has 0 bridgehead atoms. The van der Waals surface area contributed by atoms with E-state index >= 15 is 0 Å². The largest absolute Gasteiger partial charge is 0.0991 e. The molecule has 0 aliphatic heterocycles. The van der Waals surface area contributed by atoms with Crippen molar-refractivity contribution in [2.45, 2.75) is 38.5 Å². The average molecular weight is 151 g/mol. The Kier molecular flexibility index (Phi) is 9.03. The highest BCUT2D eigenvalue weighted by Gasteiger charge is 1.85. The van der Waals surface area contributed by atoms with Gasteiger partial charge in [0.05, 0.1) is 0 Å². The first-order valence-corrected chi connectivity index (χ1v) is 4.48. The summed E-state index contributed by atoms with van der Waals surface area (Å²) in [5.41, 5.74) is 0. The third-order valence-corrected chi connectivity index (χ3v) is 1.64. The Hall–Kier alpha value is -0.520. The molecule has 0 nitrogen and oxygen atoms in total. The van der Waals surface area contributed by atoms with E-state index in [1.807, 2.05) is 12.2 Å². The molecule has 0 heteroatoms. The smallest absolute Gasteiger partial charge is 0.0348 e. The molecule has 0 atom stereocenters. The molecule has 0 saturated carbocycles. The minimum Gasteiger partial charge on any atom is -0.0991 e. The third-order valence-electron chi connectivity index (χ3n) is 1.64. The lowest BCUT2D eigenvalue weighted by molar-refractivity contribution is 0.651. The first-order chi connectivity index (χ1) is 5.41. The number of rotatable bonds is 7. The lowest BCUT2D eigenvalue weighted by Gasteiger charge is -1.95. The van der Waals surface area contributed by atoms with Gasteiger partial charge in [0.1, 0.15) is 0 Å². The predicted molar refractivity (Wildman–Crippen MR) is 52.4 cm³/mol. The Morgan fingerprint density at radius 2 is 1.73 bits per heavy atom. The van der Waals surface area contributed by atoms with Crippen molar-refractivity contribution in [3.8, 4) is 0 Å². The van der Waals surface area contributed by atoms with Gasteiger partial charge in [-0.25, -0.2) is 0 Å². The summed E-state index contributed by atoms with van der Waals surface area (Å²) in [5, 5.41) is 0. The summed E-state index contributed by atoms with van der Waals surface area (Å²) >= 11 is 0. The molecule has 0 aromatic carbocycles. The Morgan fingerprint density at radius 1 is 1.00 bits per heavy atom. The maximum atomic E-state index is 3.81. The maximum absolute atomic E-state index is 3.81. The molecule has 0 aromatic heterocycles. The lowest BCUT2D eigenvalue weighted by Crippen LogP contribution is -1.75. The van der Waals surface area contributed by atoms with Gasteiger partial charge in [0, 0.05) is 0 Å². The number of hydrogen-bond donors (Lipinski definition) is 0. The minimum atomic E-state index is 1.09. The van der Waals surface area contributed by atoms with Crippen LogP contribution in [0.15, 0.2) is 24.8 Å². The van der Waals surface area contributed by atoms with Gasteiger partial charge in [0.25, 0.3) is 0 Å². The molecule has 0 aromatic rings. The molecule has 0 N–H and O–H groups in total. The lowest BCUT2D eigenvalue weighted by atomic mass is 10.1. The fraction of sp³-hybridized carbons (Fsp3) is 0.545. The van der Waals surface area contributed by atoms with Crippen LogP contribution >= 0.6 is 0 Å². The molecule has 0 spiro atoms. The second-order valence-electron chi connectivity index (χ2n) is 2.72. The van der Waals surface area contributed by atoms with E-state index in [2.05, 4.69) is 19.6 Å². The molecule has 0 heterocycles. The van der Waals surface area contributed by atoms with Crippen molar-refractivity contribution < 1.29 is 0 Å². The molecular weight excluding hydrogens is 132 g/mol. The summed E-state index contributed by atoms with van der Waals surface area (Å²) in [6.07, 6.45) is 13.6. The first-order valence-electron chi connectivity index (χ1n) is 4.48. The predicted octanol–water partition coefficient (Wildman–Crippen LogP) is 3.90. The fourth-order valence-electron chi connectivity index (χ4n) is 0.985. The zero-order chi connectivity index (χ0) is 8.36. The summed E-state index contributed by atoms with van der Waals surface area (Å²) in [4.78, 5) is 0. The van der Waals surface area contributed by atoms with Crippen molar-refractivity contribution in [2.24, 2.45) is 0 Å². The van der Waals surface area contributed by atoms with Crippen LogP contribution in [0.3, 0.4) is 0 Å². The number of allylic oxidation sites excluding steroid dienone is 3. The summed E-state index contributed by atoms with van der Waals surface area (Å²) in [6, 6.07) is 0. The third kappa shape index (κ3) is 9.48. The second-order valence-corrected chi connectivity index (χ2v) is 2.72. The molecule has 0 unspecified atom stereocenters. The monoisotopic (exact) mass is 151 g/mol. The molecule has 0 rings (SSSR count). The molecule has 0 amide bonds.